The van der Waals surface area contributed by atoms with E-state index in [9.17, 15) is 13.2 Å². The predicted octanol–water partition coefficient (Wildman–Crippen LogP) is 1.41. The predicted molar refractivity (Wildman–Crippen MR) is 38.8 cm³/mol. The lowest BCUT2D eigenvalue weighted by molar-refractivity contribution is -0.141. The van der Waals surface area contributed by atoms with Crippen LogP contribution in [0.1, 0.15) is 18.3 Å². The Morgan fingerprint density at radius 2 is 2.15 bits per heavy atom. The molecule has 0 saturated carbocycles. The van der Waals surface area contributed by atoms with E-state index in [4.69, 9.17) is 5.11 Å². The highest BCUT2D eigenvalue weighted by molar-refractivity contribution is 5.12. The van der Waals surface area contributed by atoms with E-state index in [0.717, 1.165) is 10.7 Å². The van der Waals surface area contributed by atoms with Gasteiger partial charge in [0.15, 0.2) is 5.69 Å². The maximum absolute atomic E-state index is 12.1. The van der Waals surface area contributed by atoms with Crippen molar-refractivity contribution in [1.29, 1.82) is 0 Å². The van der Waals surface area contributed by atoms with Gasteiger partial charge in [0, 0.05) is 6.54 Å². The highest BCUT2D eigenvalue weighted by atomic mass is 19.4. The van der Waals surface area contributed by atoms with E-state index < -0.39 is 18.5 Å². The molecular weight excluding hydrogens is 185 g/mol. The van der Waals surface area contributed by atoms with Crippen LogP contribution in [0.2, 0.25) is 0 Å². The Bertz CT molecular complexity index is 271. The summed E-state index contributed by atoms with van der Waals surface area (Å²) < 4.78 is 37.4. The molecule has 0 amide bonds. The van der Waals surface area contributed by atoms with Crippen molar-refractivity contribution in [2.75, 3.05) is 0 Å². The molecule has 0 atom stereocenters. The van der Waals surface area contributed by atoms with Crippen LogP contribution in [0, 0.1) is 0 Å². The topological polar surface area (TPSA) is 38.0 Å². The van der Waals surface area contributed by atoms with Crippen molar-refractivity contribution < 1.29 is 18.3 Å². The molecule has 0 aliphatic carbocycles. The average molecular weight is 194 g/mol. The van der Waals surface area contributed by atoms with E-state index in [-0.39, 0.29) is 5.69 Å². The molecule has 0 aromatic carbocycles. The van der Waals surface area contributed by atoms with Crippen LogP contribution >= 0.6 is 0 Å². The standard InChI is InChI=1S/C7H9F3N2O/c1-2-12-5(4-13)3-6(11-12)7(8,9)10/h3,13H,2,4H2,1H3. The maximum Gasteiger partial charge on any atom is 0.435 e. The molecule has 1 heterocycles. The Hall–Kier alpha value is -1.04. The second-order valence-electron chi connectivity index (χ2n) is 2.49. The van der Waals surface area contributed by atoms with Gasteiger partial charge in [0.1, 0.15) is 0 Å². The van der Waals surface area contributed by atoms with Gasteiger partial charge in [-0.15, -0.1) is 0 Å². The zero-order valence-electron chi connectivity index (χ0n) is 6.97. The summed E-state index contributed by atoms with van der Waals surface area (Å²) >= 11 is 0. The second kappa shape index (κ2) is 3.37. The monoisotopic (exact) mass is 194 g/mol. The van der Waals surface area contributed by atoms with Gasteiger partial charge in [0.25, 0.3) is 0 Å². The number of hydrogen-bond donors (Lipinski definition) is 1. The third-order valence-corrected chi connectivity index (χ3v) is 1.62. The summed E-state index contributed by atoms with van der Waals surface area (Å²) in [6, 6.07) is 0.851. The summed E-state index contributed by atoms with van der Waals surface area (Å²) in [5, 5.41) is 12.0. The molecule has 3 nitrogen and oxygen atoms in total. The fourth-order valence-electron chi connectivity index (χ4n) is 0.995. The number of halogens is 3. The molecule has 0 bridgehead atoms. The summed E-state index contributed by atoms with van der Waals surface area (Å²) in [6.45, 7) is 1.54. The number of aliphatic hydroxyl groups excluding tert-OH is 1. The fourth-order valence-corrected chi connectivity index (χ4v) is 0.995. The first kappa shape index (κ1) is 10.0. The molecule has 0 saturated heterocycles. The SMILES string of the molecule is CCn1nc(C(F)(F)F)cc1CO. The van der Waals surface area contributed by atoms with Gasteiger partial charge in [-0.3, -0.25) is 4.68 Å². The Kier molecular flexibility index (Phi) is 2.60. The zero-order valence-corrected chi connectivity index (χ0v) is 6.97. The molecule has 0 aliphatic rings. The Morgan fingerprint density at radius 1 is 1.54 bits per heavy atom. The zero-order chi connectivity index (χ0) is 10.1. The van der Waals surface area contributed by atoms with Crippen LogP contribution in [-0.4, -0.2) is 14.9 Å². The molecule has 0 radical (unpaired) electrons. The summed E-state index contributed by atoms with van der Waals surface area (Å²) in [7, 11) is 0. The van der Waals surface area contributed by atoms with Crippen LogP contribution in [0.4, 0.5) is 13.2 Å². The lowest BCUT2D eigenvalue weighted by atomic mass is 10.3. The van der Waals surface area contributed by atoms with Gasteiger partial charge in [0.2, 0.25) is 0 Å². The van der Waals surface area contributed by atoms with Crippen LogP contribution in [0.25, 0.3) is 0 Å². The second-order valence-corrected chi connectivity index (χ2v) is 2.49. The minimum atomic E-state index is -4.44. The molecule has 1 rings (SSSR count). The van der Waals surface area contributed by atoms with E-state index in [1.165, 1.54) is 0 Å². The summed E-state index contributed by atoms with van der Waals surface area (Å²) in [5.74, 6) is 0. The molecule has 6 heteroatoms. The van der Waals surface area contributed by atoms with Gasteiger partial charge in [-0.1, -0.05) is 0 Å². The number of aromatic nitrogens is 2. The van der Waals surface area contributed by atoms with Crippen LogP contribution in [-0.2, 0) is 19.3 Å². The van der Waals surface area contributed by atoms with Crippen LogP contribution < -0.4 is 0 Å². The normalized spacial score (nSPS) is 12.1. The van der Waals surface area contributed by atoms with Gasteiger partial charge in [-0.05, 0) is 13.0 Å². The molecule has 1 aromatic heterocycles. The summed E-state index contributed by atoms with van der Waals surface area (Å²) in [6.07, 6.45) is -4.44. The lowest BCUT2D eigenvalue weighted by Gasteiger charge is -2.00. The molecule has 0 aliphatic heterocycles. The third-order valence-electron chi connectivity index (χ3n) is 1.62. The van der Waals surface area contributed by atoms with E-state index in [1.54, 1.807) is 6.92 Å². The maximum atomic E-state index is 12.1. The van der Waals surface area contributed by atoms with Crippen molar-refractivity contribution in [3.05, 3.63) is 17.5 Å². The highest BCUT2D eigenvalue weighted by Crippen LogP contribution is 2.28. The smallest absolute Gasteiger partial charge is 0.390 e. The van der Waals surface area contributed by atoms with Crippen molar-refractivity contribution in [2.24, 2.45) is 0 Å². The average Bonchev–Trinajstić information content (AvgIpc) is 2.45. The molecule has 13 heavy (non-hydrogen) atoms. The molecule has 0 fully saturated rings. The third kappa shape index (κ3) is 2.00. The number of hydrogen-bond acceptors (Lipinski definition) is 2. The van der Waals surface area contributed by atoms with Crippen molar-refractivity contribution in [3.8, 4) is 0 Å². The number of alkyl halides is 3. The Morgan fingerprint density at radius 3 is 2.46 bits per heavy atom. The van der Waals surface area contributed by atoms with Gasteiger partial charge < -0.3 is 5.11 Å². The van der Waals surface area contributed by atoms with Crippen molar-refractivity contribution in [3.63, 3.8) is 0 Å². The number of rotatable bonds is 2. The lowest BCUT2D eigenvalue weighted by Crippen LogP contribution is -2.07. The van der Waals surface area contributed by atoms with Crippen LogP contribution in [0.15, 0.2) is 6.07 Å². The van der Waals surface area contributed by atoms with E-state index in [2.05, 4.69) is 5.10 Å². The first-order valence-electron chi connectivity index (χ1n) is 3.73. The first-order valence-corrected chi connectivity index (χ1v) is 3.73. The molecule has 74 valence electrons. The van der Waals surface area contributed by atoms with E-state index in [1.807, 2.05) is 0 Å². The largest absolute Gasteiger partial charge is 0.435 e. The van der Waals surface area contributed by atoms with E-state index in [0.29, 0.717) is 6.54 Å². The van der Waals surface area contributed by atoms with Gasteiger partial charge in [0.05, 0.1) is 12.3 Å². The quantitative estimate of drug-likeness (QED) is 0.773. The summed E-state index contributed by atoms with van der Waals surface area (Å²) in [4.78, 5) is 0. The number of aliphatic hydroxyl groups is 1. The molecule has 1 N–H and O–H groups in total. The van der Waals surface area contributed by atoms with Gasteiger partial charge in [-0.25, -0.2) is 0 Å². The minimum absolute atomic E-state index is 0.176. The van der Waals surface area contributed by atoms with Gasteiger partial charge >= 0.3 is 6.18 Å². The molecule has 0 unspecified atom stereocenters. The van der Waals surface area contributed by atoms with E-state index >= 15 is 0 Å². The molecule has 0 spiro atoms. The van der Waals surface area contributed by atoms with Gasteiger partial charge in [-0.2, -0.15) is 18.3 Å². The Labute approximate surface area is 72.8 Å². The number of aryl methyl sites for hydroxylation is 1. The van der Waals surface area contributed by atoms with Crippen LogP contribution in [0.3, 0.4) is 0 Å². The molecule has 1 aromatic rings. The van der Waals surface area contributed by atoms with Crippen molar-refractivity contribution in [1.82, 2.24) is 9.78 Å². The Balaban J connectivity index is 3.07. The fraction of sp³-hybridized carbons (Fsp3) is 0.571. The minimum Gasteiger partial charge on any atom is -0.390 e. The first-order chi connectivity index (χ1) is 5.99. The van der Waals surface area contributed by atoms with Crippen LogP contribution in [0.5, 0.6) is 0 Å². The van der Waals surface area contributed by atoms with Crippen molar-refractivity contribution >= 4 is 0 Å². The highest BCUT2D eigenvalue weighted by Gasteiger charge is 2.34. The van der Waals surface area contributed by atoms with Crippen molar-refractivity contribution in [2.45, 2.75) is 26.3 Å². The number of nitrogens with zero attached hydrogens (tertiary/aromatic N) is 2. The summed E-state index contributed by atoms with van der Waals surface area (Å²) in [5.41, 5.74) is -0.784. The molecular formula is C7H9F3N2O.